The molecule has 0 fully saturated rings. The number of rotatable bonds is 8. The Morgan fingerprint density at radius 1 is 1.24 bits per heavy atom. The maximum absolute atomic E-state index is 11.5. The monoisotopic (exact) mass is 465 g/mol. The van der Waals surface area contributed by atoms with Crippen LogP contribution >= 0.6 is 22.6 Å². The molecule has 1 aromatic heterocycles. The number of halogens is 1. The van der Waals surface area contributed by atoms with Gasteiger partial charge in [-0.1, -0.05) is 0 Å². The highest BCUT2D eigenvalue weighted by molar-refractivity contribution is 14.1. The Labute approximate surface area is 157 Å². The van der Waals surface area contributed by atoms with Crippen LogP contribution in [0.3, 0.4) is 0 Å². The maximum Gasteiger partial charge on any atom is 0.337 e. The molecular weight excluding hydrogens is 445 g/mol. The largest absolute Gasteiger partial charge is 0.423 e. The molecule has 5 N–H and O–H groups in total. The number of fused-ring (bicyclic) bond motifs is 1. The summed E-state index contributed by atoms with van der Waals surface area (Å²) in [6.45, 7) is 0.474. The number of aliphatic hydroxyl groups is 4. The second-order valence-corrected chi connectivity index (χ2v) is 6.71. The molecule has 0 spiro atoms. The third kappa shape index (κ3) is 5.12. The van der Waals surface area contributed by atoms with Crippen molar-refractivity contribution in [3.8, 4) is 0 Å². The highest BCUT2D eigenvalue weighted by atomic mass is 127. The van der Waals surface area contributed by atoms with Gasteiger partial charge in [0.05, 0.1) is 19.3 Å². The second kappa shape index (κ2) is 8.92. The fraction of sp³-hybridized carbons (Fsp3) is 0.438. The minimum absolute atomic E-state index is 0.367. The minimum atomic E-state index is -1.48. The van der Waals surface area contributed by atoms with E-state index >= 15 is 0 Å². The Kier molecular flexibility index (Phi) is 7.16. The van der Waals surface area contributed by atoms with E-state index in [0.717, 1.165) is 8.96 Å². The first-order valence-corrected chi connectivity index (χ1v) is 8.66. The van der Waals surface area contributed by atoms with Crippen molar-refractivity contribution in [2.75, 3.05) is 18.5 Å². The highest BCUT2D eigenvalue weighted by Crippen LogP contribution is 2.23. The summed E-state index contributed by atoms with van der Waals surface area (Å²) < 4.78 is 11.1. The normalized spacial score (nSPS) is 16.4. The minimum Gasteiger partial charge on any atom is -0.423 e. The molecule has 0 aliphatic rings. The van der Waals surface area contributed by atoms with E-state index in [1.54, 1.807) is 18.2 Å². The van der Waals surface area contributed by atoms with Crippen LogP contribution in [0.15, 0.2) is 33.5 Å². The van der Waals surface area contributed by atoms with Crippen molar-refractivity contribution >= 4 is 39.2 Å². The summed E-state index contributed by atoms with van der Waals surface area (Å²) >= 11 is 2.03. The van der Waals surface area contributed by atoms with Gasteiger partial charge in [0.2, 0.25) is 0 Å². The summed E-state index contributed by atoms with van der Waals surface area (Å²) in [6, 6.07) is 5.50. The van der Waals surface area contributed by atoms with Gasteiger partial charge in [-0.05, 0) is 41.6 Å². The molecule has 138 valence electrons. The van der Waals surface area contributed by atoms with Crippen molar-refractivity contribution in [2.24, 2.45) is 0 Å². The van der Waals surface area contributed by atoms with Crippen LogP contribution in [0.1, 0.15) is 6.92 Å². The lowest BCUT2D eigenvalue weighted by Crippen LogP contribution is -2.44. The SMILES string of the molecule is C[C@H](O)C(CO)OC(O)[C@H](CO)Nc1ccc2c(I)cc(=O)oc2c1. The van der Waals surface area contributed by atoms with Crippen LogP contribution in [0.4, 0.5) is 5.69 Å². The molecule has 0 saturated heterocycles. The summed E-state index contributed by atoms with van der Waals surface area (Å²) in [5, 5.41) is 41.8. The standard InChI is InChI=1S/C16H20INO7/c1-8(21)14(7-20)25-16(23)12(6-19)18-9-2-3-10-11(17)5-15(22)24-13(10)4-9/h2-5,8,12,14,16,18-21,23H,6-7H2,1H3/t8-,12-,14?,16?/m0/s1. The van der Waals surface area contributed by atoms with Gasteiger partial charge in [0.15, 0.2) is 6.29 Å². The molecule has 2 unspecified atom stereocenters. The molecule has 2 aromatic rings. The first-order chi connectivity index (χ1) is 11.8. The van der Waals surface area contributed by atoms with Gasteiger partial charge >= 0.3 is 5.63 Å². The van der Waals surface area contributed by atoms with Crippen LogP contribution < -0.4 is 10.9 Å². The molecular formula is C16H20INO7. The summed E-state index contributed by atoms with van der Waals surface area (Å²) in [4.78, 5) is 11.5. The lowest BCUT2D eigenvalue weighted by Gasteiger charge is -2.28. The molecule has 0 saturated carbocycles. The molecule has 25 heavy (non-hydrogen) atoms. The van der Waals surface area contributed by atoms with Crippen molar-refractivity contribution in [3.63, 3.8) is 0 Å². The quantitative estimate of drug-likeness (QED) is 0.213. The zero-order valence-corrected chi connectivity index (χ0v) is 15.6. The second-order valence-electron chi connectivity index (χ2n) is 5.55. The molecule has 0 amide bonds. The molecule has 0 aliphatic carbocycles. The number of aliphatic hydroxyl groups excluding tert-OH is 4. The van der Waals surface area contributed by atoms with Crippen molar-refractivity contribution in [1.82, 2.24) is 0 Å². The number of hydrogen-bond acceptors (Lipinski definition) is 8. The zero-order chi connectivity index (χ0) is 18.6. The molecule has 2 rings (SSSR count). The van der Waals surface area contributed by atoms with Crippen LogP contribution in [-0.4, -0.2) is 58.2 Å². The van der Waals surface area contributed by atoms with E-state index in [0.29, 0.717) is 11.3 Å². The molecule has 0 aliphatic heterocycles. The lowest BCUT2D eigenvalue weighted by atomic mass is 10.2. The Bertz CT molecular complexity index is 764. The highest BCUT2D eigenvalue weighted by Gasteiger charge is 2.25. The Hall–Kier alpha value is -1.24. The summed E-state index contributed by atoms with van der Waals surface area (Å²) in [6.07, 6.45) is -3.45. The third-order valence-electron chi connectivity index (χ3n) is 3.62. The first-order valence-electron chi connectivity index (χ1n) is 7.59. The molecule has 1 heterocycles. The van der Waals surface area contributed by atoms with E-state index in [-0.39, 0.29) is 0 Å². The van der Waals surface area contributed by atoms with Crippen LogP contribution in [0.2, 0.25) is 0 Å². The Balaban J connectivity index is 2.18. The van der Waals surface area contributed by atoms with Gasteiger partial charge in [0.1, 0.15) is 17.7 Å². The van der Waals surface area contributed by atoms with Crippen LogP contribution in [0.25, 0.3) is 11.0 Å². The summed E-state index contributed by atoms with van der Waals surface area (Å²) in [7, 11) is 0. The van der Waals surface area contributed by atoms with Gasteiger partial charge < -0.3 is 34.9 Å². The van der Waals surface area contributed by atoms with E-state index in [1.165, 1.54) is 13.0 Å². The van der Waals surface area contributed by atoms with Crippen LogP contribution in [0, 0.1) is 3.57 Å². The number of anilines is 1. The molecule has 8 nitrogen and oxygen atoms in total. The van der Waals surface area contributed by atoms with E-state index in [2.05, 4.69) is 5.32 Å². The van der Waals surface area contributed by atoms with Gasteiger partial charge in [0, 0.05) is 26.8 Å². The van der Waals surface area contributed by atoms with Gasteiger partial charge in [-0.25, -0.2) is 4.79 Å². The van der Waals surface area contributed by atoms with Crippen molar-refractivity contribution < 1.29 is 29.6 Å². The average molecular weight is 465 g/mol. The molecule has 0 radical (unpaired) electrons. The summed E-state index contributed by atoms with van der Waals surface area (Å²) in [5.74, 6) is 0. The van der Waals surface area contributed by atoms with Gasteiger partial charge in [-0.2, -0.15) is 0 Å². The average Bonchev–Trinajstić information content (AvgIpc) is 2.56. The Morgan fingerprint density at radius 2 is 1.96 bits per heavy atom. The smallest absolute Gasteiger partial charge is 0.337 e. The van der Waals surface area contributed by atoms with Gasteiger partial charge in [-0.3, -0.25) is 0 Å². The van der Waals surface area contributed by atoms with Crippen molar-refractivity contribution in [2.45, 2.75) is 31.5 Å². The van der Waals surface area contributed by atoms with Crippen LogP contribution in [0.5, 0.6) is 0 Å². The number of nitrogens with one attached hydrogen (secondary N) is 1. The lowest BCUT2D eigenvalue weighted by molar-refractivity contribution is -0.182. The first kappa shape index (κ1) is 20.1. The molecule has 4 atom stereocenters. The zero-order valence-electron chi connectivity index (χ0n) is 13.4. The van der Waals surface area contributed by atoms with E-state index in [4.69, 9.17) is 14.3 Å². The topological polar surface area (TPSA) is 132 Å². The van der Waals surface area contributed by atoms with Crippen molar-refractivity contribution in [1.29, 1.82) is 0 Å². The fourth-order valence-electron chi connectivity index (χ4n) is 2.22. The van der Waals surface area contributed by atoms with Gasteiger partial charge in [-0.15, -0.1) is 0 Å². The Morgan fingerprint density at radius 3 is 2.56 bits per heavy atom. The van der Waals surface area contributed by atoms with Gasteiger partial charge in [0.25, 0.3) is 0 Å². The predicted molar refractivity (Wildman–Crippen MR) is 99.3 cm³/mol. The molecule has 0 bridgehead atoms. The van der Waals surface area contributed by atoms with E-state index in [1.807, 2.05) is 22.6 Å². The van der Waals surface area contributed by atoms with Crippen molar-refractivity contribution in [3.05, 3.63) is 38.3 Å². The van der Waals surface area contributed by atoms with E-state index < -0.39 is 43.4 Å². The fourth-order valence-corrected chi connectivity index (χ4v) is 2.92. The third-order valence-corrected chi connectivity index (χ3v) is 4.51. The van der Waals surface area contributed by atoms with Crippen LogP contribution in [-0.2, 0) is 4.74 Å². The predicted octanol–water partition coefficient (Wildman–Crippen LogP) is 0.247. The van der Waals surface area contributed by atoms with E-state index in [9.17, 15) is 20.1 Å². The summed E-state index contributed by atoms with van der Waals surface area (Å²) in [5.41, 5.74) is 0.391. The molecule has 1 aromatic carbocycles. The number of ether oxygens (including phenoxy) is 1. The maximum atomic E-state index is 11.5. The molecule has 9 heteroatoms. The number of hydrogen-bond donors (Lipinski definition) is 5. The number of benzene rings is 1.